The van der Waals surface area contributed by atoms with Gasteiger partial charge in [0.05, 0.1) is 43.5 Å². The van der Waals surface area contributed by atoms with E-state index in [9.17, 15) is 0 Å². The van der Waals surface area contributed by atoms with Gasteiger partial charge in [-0.2, -0.15) is 0 Å². The normalized spacial score (nSPS) is 13.0. The second-order valence-electron chi connectivity index (χ2n) is 17.4. The molecule has 0 atom stereocenters. The number of hydrogen-bond acceptors (Lipinski definition) is 5. The molecule has 5 aromatic carbocycles. The Bertz CT molecular complexity index is 2510. The number of nitrogens with zero attached hydrogens (tertiary/aromatic N) is 1. The van der Waals surface area contributed by atoms with Crippen LogP contribution in [0.25, 0.3) is 33.5 Å². The number of aromatic nitrogens is 1. The summed E-state index contributed by atoms with van der Waals surface area (Å²) in [6.45, 7) is 13.9. The highest BCUT2D eigenvalue weighted by atomic mass is 16.5. The molecule has 0 aliphatic carbocycles. The van der Waals surface area contributed by atoms with Crippen LogP contribution in [0.1, 0.15) is 133 Å². The average molecular weight is 883 g/mol. The lowest BCUT2D eigenvalue weighted by Crippen LogP contribution is -2.00. The highest BCUT2D eigenvalue weighted by Gasteiger charge is 2.27. The first-order valence-corrected chi connectivity index (χ1v) is 24.8. The van der Waals surface area contributed by atoms with E-state index in [2.05, 4.69) is 173 Å². The van der Waals surface area contributed by atoms with Gasteiger partial charge in [0, 0.05) is 28.0 Å². The monoisotopic (exact) mass is 883 g/mol. The van der Waals surface area contributed by atoms with E-state index in [4.69, 9.17) is 23.9 Å². The molecule has 6 nitrogen and oxygen atoms in total. The minimum Gasteiger partial charge on any atom is -0.494 e. The van der Waals surface area contributed by atoms with Gasteiger partial charge in [-0.05, 0) is 145 Å². The summed E-state index contributed by atoms with van der Waals surface area (Å²) in [7, 11) is 0. The van der Waals surface area contributed by atoms with Crippen molar-refractivity contribution in [3.63, 3.8) is 0 Å². The van der Waals surface area contributed by atoms with Crippen molar-refractivity contribution in [3.8, 4) is 45.4 Å². The van der Waals surface area contributed by atoms with Crippen LogP contribution in [-0.2, 0) is 0 Å². The molecule has 0 fully saturated rings. The fourth-order valence-corrected chi connectivity index (χ4v) is 8.33. The predicted octanol–water partition coefficient (Wildman–Crippen LogP) is 16.3. The summed E-state index contributed by atoms with van der Waals surface area (Å²) < 4.78 is 24.6. The number of unbranched alkanes of at least 4 members (excludes halogenated alkanes) is 8. The summed E-state index contributed by atoms with van der Waals surface area (Å²) in [4.78, 5) is 9.61. The van der Waals surface area contributed by atoms with Crippen molar-refractivity contribution in [1.82, 2.24) is 4.98 Å². The molecule has 66 heavy (non-hydrogen) atoms. The molecule has 0 bridgehead atoms. The molecule has 1 aliphatic rings. The number of H-pyrrole nitrogens is 1. The average Bonchev–Trinajstić information content (AvgIpc) is 4.00. The number of allylic oxidation sites excluding steroid dienone is 2. The third kappa shape index (κ3) is 12.7. The summed E-state index contributed by atoms with van der Waals surface area (Å²) in [5.41, 5.74) is 13.5. The molecule has 1 N–H and O–H groups in total. The Morgan fingerprint density at radius 2 is 0.894 bits per heavy atom. The minimum atomic E-state index is 0.711. The van der Waals surface area contributed by atoms with E-state index in [1.807, 2.05) is 0 Å². The molecule has 0 unspecified atom stereocenters. The Morgan fingerprint density at radius 3 is 1.35 bits per heavy atom. The molecule has 1 aromatic heterocycles. The van der Waals surface area contributed by atoms with Gasteiger partial charge in [0.1, 0.15) is 23.0 Å². The van der Waals surface area contributed by atoms with Crippen LogP contribution in [0.3, 0.4) is 0 Å². The second kappa shape index (κ2) is 24.9. The minimum absolute atomic E-state index is 0.711. The zero-order valence-corrected chi connectivity index (χ0v) is 40.1. The van der Waals surface area contributed by atoms with Crippen molar-refractivity contribution in [2.45, 2.75) is 112 Å². The molecule has 0 saturated heterocycles. The van der Waals surface area contributed by atoms with Crippen molar-refractivity contribution in [2.24, 2.45) is 4.99 Å². The van der Waals surface area contributed by atoms with Gasteiger partial charge in [0.15, 0.2) is 0 Å². The molecule has 0 radical (unpaired) electrons. The van der Waals surface area contributed by atoms with Crippen LogP contribution in [0, 0.1) is 6.92 Å². The quantitative estimate of drug-likeness (QED) is 0.0551. The van der Waals surface area contributed by atoms with Gasteiger partial charge in [-0.25, -0.2) is 4.99 Å². The fourth-order valence-electron chi connectivity index (χ4n) is 8.33. The van der Waals surface area contributed by atoms with Gasteiger partial charge >= 0.3 is 0 Å². The number of rotatable bonds is 26. The summed E-state index contributed by atoms with van der Waals surface area (Å²) >= 11 is 0. The Labute approximate surface area is 394 Å². The van der Waals surface area contributed by atoms with Crippen LogP contribution in [-0.4, -0.2) is 37.1 Å². The SMILES string of the molecule is CCCCCOc1ccc(C2=CC(c3ccc(OCCCCC)cc3)=N/C2=C(/c2ccccc2C)c2[nH]c(-c3ccc(OCCCCC)cc3)cc2-c2ccc(OCCCCC)cc2)cc1. The topological polar surface area (TPSA) is 65.1 Å². The smallest absolute Gasteiger partial charge is 0.119 e. The van der Waals surface area contributed by atoms with Crippen molar-refractivity contribution in [2.75, 3.05) is 26.4 Å². The summed E-state index contributed by atoms with van der Waals surface area (Å²) in [6, 6.07) is 44.9. The van der Waals surface area contributed by atoms with E-state index in [-0.39, 0.29) is 0 Å². The van der Waals surface area contributed by atoms with E-state index >= 15 is 0 Å². The number of hydrogen-bond donors (Lipinski definition) is 1. The van der Waals surface area contributed by atoms with E-state index < -0.39 is 0 Å². The number of ether oxygens (including phenoxy) is 4. The predicted molar refractivity (Wildman–Crippen MR) is 276 cm³/mol. The fraction of sp³-hybridized carbons (Fsp3) is 0.350. The zero-order valence-electron chi connectivity index (χ0n) is 40.1. The van der Waals surface area contributed by atoms with Gasteiger partial charge in [0.25, 0.3) is 0 Å². The molecular weight excluding hydrogens is 813 g/mol. The number of nitrogens with one attached hydrogen (secondary N) is 1. The molecular formula is C60H70N2O4. The highest BCUT2D eigenvalue weighted by molar-refractivity contribution is 6.20. The van der Waals surface area contributed by atoms with Gasteiger partial charge in [-0.15, -0.1) is 0 Å². The van der Waals surface area contributed by atoms with E-state index in [1.54, 1.807) is 0 Å². The number of aromatic amines is 1. The molecule has 2 heterocycles. The van der Waals surface area contributed by atoms with Gasteiger partial charge in [-0.3, -0.25) is 0 Å². The van der Waals surface area contributed by atoms with Crippen LogP contribution in [0.4, 0.5) is 0 Å². The lowest BCUT2D eigenvalue weighted by Gasteiger charge is -2.17. The molecule has 344 valence electrons. The Hall–Kier alpha value is -6.27. The van der Waals surface area contributed by atoms with Crippen LogP contribution in [0.5, 0.6) is 23.0 Å². The first-order chi connectivity index (χ1) is 32.5. The summed E-state index contributed by atoms with van der Waals surface area (Å²) in [6.07, 6.45) is 15.7. The zero-order chi connectivity index (χ0) is 45.9. The first kappa shape index (κ1) is 47.7. The number of aryl methyl sites for hydroxylation is 1. The molecule has 1 aliphatic heterocycles. The summed E-state index contributed by atoms with van der Waals surface area (Å²) in [5, 5.41) is 0. The van der Waals surface area contributed by atoms with Gasteiger partial charge in [0.2, 0.25) is 0 Å². The maximum Gasteiger partial charge on any atom is 0.119 e. The van der Waals surface area contributed by atoms with Gasteiger partial charge < -0.3 is 23.9 Å². The Kier molecular flexibility index (Phi) is 18.0. The van der Waals surface area contributed by atoms with Crippen molar-refractivity contribution >= 4 is 16.9 Å². The lowest BCUT2D eigenvalue weighted by molar-refractivity contribution is 0.306. The maximum atomic E-state index is 6.19. The molecule has 6 aromatic rings. The molecule has 0 spiro atoms. The number of aliphatic imine (C=N–C) groups is 1. The molecule has 0 amide bonds. The molecule has 0 saturated carbocycles. The molecule has 7 rings (SSSR count). The first-order valence-electron chi connectivity index (χ1n) is 24.8. The Morgan fingerprint density at radius 1 is 0.470 bits per heavy atom. The van der Waals surface area contributed by atoms with Crippen molar-refractivity contribution in [3.05, 3.63) is 167 Å². The molecule has 6 heteroatoms. The van der Waals surface area contributed by atoms with E-state index in [0.29, 0.717) is 13.2 Å². The highest BCUT2D eigenvalue weighted by Crippen LogP contribution is 2.45. The maximum absolute atomic E-state index is 6.19. The second-order valence-corrected chi connectivity index (χ2v) is 17.4. The standard InChI is InChI=1S/C60H70N2O4/c1-6-10-16-38-63-49-30-22-45(23-31-49)54-42-56(47-26-34-51(35-27-47)65-40-18-12-8-3)61-59(54)58(53-21-15-14-20-44(53)5)60-55(46-24-32-50(33-25-46)64-39-17-11-7-2)43-57(62-60)48-28-36-52(37-29-48)66-41-19-13-9-4/h14-15,20-37,42-43,61H,6-13,16-19,38-41H2,1-5H3/b60-58-. The van der Waals surface area contributed by atoms with E-state index in [0.717, 1.165) is 167 Å². The van der Waals surface area contributed by atoms with E-state index in [1.165, 1.54) is 19.3 Å². The van der Waals surface area contributed by atoms with Crippen LogP contribution in [0.2, 0.25) is 0 Å². The largest absolute Gasteiger partial charge is 0.494 e. The third-order valence-electron chi connectivity index (χ3n) is 12.2. The third-order valence-corrected chi connectivity index (χ3v) is 12.2. The number of benzene rings is 5. The summed E-state index contributed by atoms with van der Waals surface area (Å²) in [5.74, 6) is 3.51. The van der Waals surface area contributed by atoms with Crippen LogP contribution < -0.4 is 18.9 Å². The van der Waals surface area contributed by atoms with Gasteiger partial charge in [-0.1, -0.05) is 128 Å². The van der Waals surface area contributed by atoms with Crippen LogP contribution >= 0.6 is 0 Å². The lowest BCUT2D eigenvalue weighted by atomic mass is 9.89. The van der Waals surface area contributed by atoms with Crippen molar-refractivity contribution in [1.29, 1.82) is 0 Å². The Balaban J connectivity index is 1.38. The van der Waals surface area contributed by atoms with Crippen molar-refractivity contribution < 1.29 is 18.9 Å². The van der Waals surface area contributed by atoms with Crippen LogP contribution in [0.15, 0.2) is 144 Å².